The zero-order valence-electron chi connectivity index (χ0n) is 20.3. The minimum atomic E-state index is -0.547. The van der Waals surface area contributed by atoms with Crippen molar-refractivity contribution in [3.8, 4) is 12.3 Å². The average molecular weight is 826 g/mol. The van der Waals surface area contributed by atoms with E-state index >= 15 is 0 Å². The van der Waals surface area contributed by atoms with Gasteiger partial charge in [-0.05, 0) is 65.3 Å². The Kier molecular flexibility index (Phi) is 20.6. The lowest BCUT2D eigenvalue weighted by molar-refractivity contribution is -0.146. The van der Waals surface area contributed by atoms with Gasteiger partial charge in [-0.25, -0.2) is 4.39 Å². The molecule has 0 radical (unpaired) electrons. The molecule has 8 atom stereocenters. The number of esters is 1. The molecule has 0 aromatic heterocycles. The number of ether oxygens (including phenoxy) is 1. The molecule has 0 amide bonds. The minimum absolute atomic E-state index is 0.0125. The fourth-order valence-electron chi connectivity index (χ4n) is 2.79. The van der Waals surface area contributed by atoms with Gasteiger partial charge in [0.05, 0.1) is 23.6 Å². The second kappa shape index (κ2) is 20.1. The molecule has 19 heteroatoms. The van der Waals surface area contributed by atoms with Crippen LogP contribution < -0.4 is 10.6 Å². The number of nitrogens with zero attached hydrogens (tertiary/aromatic N) is 1. The highest BCUT2D eigenvalue weighted by Crippen LogP contribution is 3.16. The Hall–Kier alpha value is 2.93. The van der Waals surface area contributed by atoms with E-state index < -0.39 is 5.82 Å². The van der Waals surface area contributed by atoms with E-state index in [4.69, 9.17) is 23.8 Å². The van der Waals surface area contributed by atoms with Gasteiger partial charge in [-0.15, -0.1) is 68.9 Å². The largest absolute Gasteiger partial charge is 0.469 e. The number of halogens is 3. The van der Waals surface area contributed by atoms with E-state index in [1.165, 1.54) is 13.2 Å². The maximum atomic E-state index is 12.7. The molecule has 0 spiro atoms. The Balaban J connectivity index is 0.000000290. The van der Waals surface area contributed by atoms with E-state index in [2.05, 4.69) is 94.0 Å². The Labute approximate surface area is 260 Å². The molecule has 4 nitrogen and oxygen atoms in total. The van der Waals surface area contributed by atoms with Crippen LogP contribution in [0.3, 0.4) is 0 Å². The number of carbonyl (C=O) groups is 1. The SMILES string of the molecule is C#Cc1cc(F)c(Cl)cc1N.COC(=O)C1CN(c2cccc(Br)c2)C1.PP(P)P(P)P(P(P)P)P(P)P. The van der Waals surface area contributed by atoms with E-state index in [1.807, 2.05) is 24.3 Å². The third-order valence-corrected chi connectivity index (χ3v) is 72.1. The van der Waals surface area contributed by atoms with Crippen molar-refractivity contribution in [2.45, 2.75) is 0 Å². The van der Waals surface area contributed by atoms with Gasteiger partial charge in [-0.2, -0.15) is 0 Å². The molecule has 2 aromatic rings. The first-order chi connectivity index (χ1) is 17.7. The van der Waals surface area contributed by atoms with Gasteiger partial charge in [0.2, 0.25) is 0 Å². The average Bonchev–Trinajstić information content (AvgIpc) is 2.80. The maximum Gasteiger partial charge on any atom is 0.312 e. The number of benzene rings is 2. The van der Waals surface area contributed by atoms with Crippen LogP contribution in [0.1, 0.15) is 5.56 Å². The predicted octanol–water partition coefficient (Wildman–Crippen LogP) is 10.7. The molecule has 210 valence electrons. The second-order valence-corrected chi connectivity index (χ2v) is 53.6. The number of rotatable bonds is 6. The molecule has 8 unspecified atom stereocenters. The van der Waals surface area contributed by atoms with Crippen molar-refractivity contribution in [1.82, 2.24) is 0 Å². The Morgan fingerprint density at radius 2 is 1.71 bits per heavy atom. The molecule has 0 bridgehead atoms. The standard InChI is InChI=1S/C11H12BrNO2.C8H5ClFN.H14P12/c1-15-11(14)8-6-13(7-8)10-4-2-3-9(12)5-10;1-2-5-3-7(10)6(9)4-8(5)11;1-8(2)11(7)12(9(3)4)10(5)6/h2-5,8H,6-7H2,1H3;1,3-4H,11H2;1-7H2. The number of methoxy groups -OCH3 is 1. The number of hydrogen-bond donors (Lipinski definition) is 1. The van der Waals surface area contributed by atoms with Gasteiger partial charge in [0.1, 0.15) is 5.82 Å². The molecule has 38 heavy (non-hydrogen) atoms. The van der Waals surface area contributed by atoms with Crippen molar-refractivity contribution in [3.05, 3.63) is 57.3 Å². The molecule has 0 saturated carbocycles. The Morgan fingerprint density at radius 3 is 2.13 bits per heavy atom. The molecule has 1 aliphatic heterocycles. The first kappa shape index (κ1) is 39.0. The fraction of sp³-hybridized carbons (Fsp3) is 0.211. The zero-order chi connectivity index (χ0) is 29.2. The summed E-state index contributed by atoms with van der Waals surface area (Å²) in [5.74, 6) is 1.62. The van der Waals surface area contributed by atoms with Crippen molar-refractivity contribution >= 4 is 142 Å². The Bertz CT molecular complexity index is 1100. The number of nitrogens with two attached hydrogens (primary N) is 1. The van der Waals surface area contributed by atoms with Crippen molar-refractivity contribution in [2.24, 2.45) is 5.92 Å². The summed E-state index contributed by atoms with van der Waals surface area (Å²) in [4.78, 5) is 13.3. The summed E-state index contributed by atoms with van der Waals surface area (Å²) in [6.45, 7) is 2.21. The van der Waals surface area contributed by atoms with Gasteiger partial charge < -0.3 is 15.4 Å². The fourth-order valence-corrected chi connectivity index (χ4v) is 106. The smallest absolute Gasteiger partial charge is 0.312 e. The molecule has 0 aliphatic carbocycles. The van der Waals surface area contributed by atoms with Crippen LogP contribution in [0.4, 0.5) is 15.8 Å². The highest BCUT2D eigenvalue weighted by molar-refractivity contribution is 9.21. The van der Waals surface area contributed by atoms with Crippen LogP contribution in [0.15, 0.2) is 40.9 Å². The van der Waals surface area contributed by atoms with Crippen LogP contribution in [0.25, 0.3) is 0 Å². The van der Waals surface area contributed by atoms with Crippen molar-refractivity contribution in [2.75, 3.05) is 30.8 Å². The lowest BCUT2D eigenvalue weighted by atomic mass is 9.99. The Morgan fingerprint density at radius 1 is 1.13 bits per heavy atom. The summed E-state index contributed by atoms with van der Waals surface area (Å²) in [5.41, 5.74) is 7.19. The first-order valence-corrected chi connectivity index (χ1v) is 32.3. The predicted molar refractivity (Wildman–Crippen MR) is 208 cm³/mol. The van der Waals surface area contributed by atoms with Gasteiger partial charge in [-0.1, -0.05) is 39.5 Å². The van der Waals surface area contributed by atoms with Crippen molar-refractivity contribution in [3.63, 3.8) is 0 Å². The van der Waals surface area contributed by atoms with Crippen LogP contribution in [-0.4, -0.2) is 26.2 Å². The van der Waals surface area contributed by atoms with E-state index in [9.17, 15) is 9.18 Å². The molecule has 2 N–H and O–H groups in total. The second-order valence-electron chi connectivity index (χ2n) is 7.33. The lowest BCUT2D eigenvalue weighted by Crippen LogP contribution is -2.50. The minimum Gasteiger partial charge on any atom is -0.469 e. The summed E-state index contributed by atoms with van der Waals surface area (Å²) < 4.78 is 18.4. The highest BCUT2D eigenvalue weighted by Gasteiger charge is 2.33. The maximum absolute atomic E-state index is 12.7. The number of terminal acetylenes is 1. The molecule has 1 aliphatic rings. The monoisotopic (exact) mass is 824 g/mol. The number of anilines is 2. The summed E-state index contributed by atoms with van der Waals surface area (Å²) >= 11 is 8.84. The third-order valence-electron chi connectivity index (χ3n) is 4.67. The number of carbonyl (C=O) groups excluding carboxylic acids is 1. The normalized spacial score (nSPS) is 13.8. The summed E-state index contributed by atoms with van der Waals surface area (Å²) in [5, 5.41) is -0.0125. The van der Waals surface area contributed by atoms with Gasteiger partial charge in [-0.3, -0.25) is 4.79 Å². The summed E-state index contributed by atoms with van der Waals surface area (Å²) in [6, 6.07) is 10.5. The van der Waals surface area contributed by atoms with Gasteiger partial charge in [0, 0.05) is 28.9 Å². The molecule has 3 rings (SSSR count). The van der Waals surface area contributed by atoms with E-state index in [-0.39, 0.29) is 51.8 Å². The van der Waals surface area contributed by atoms with Crippen molar-refractivity contribution < 1.29 is 13.9 Å². The molecular weight excluding hydrogens is 794 g/mol. The van der Waals surface area contributed by atoms with E-state index in [0.717, 1.165) is 29.3 Å². The topological polar surface area (TPSA) is 55.6 Å². The van der Waals surface area contributed by atoms with Crippen molar-refractivity contribution in [1.29, 1.82) is 0 Å². The van der Waals surface area contributed by atoms with E-state index in [0.29, 0.717) is 11.3 Å². The van der Waals surface area contributed by atoms with Gasteiger partial charge >= 0.3 is 5.97 Å². The number of hydrogen-bond acceptors (Lipinski definition) is 4. The summed E-state index contributed by atoms with van der Waals surface area (Å²) in [7, 11) is 22.4. The highest BCUT2D eigenvalue weighted by atomic mass is 79.9. The quantitative estimate of drug-likeness (QED) is 0.136. The first-order valence-electron chi connectivity index (χ1n) is 10.3. The molecular formula is C19H31BrClFN2O2P12. The van der Waals surface area contributed by atoms with Gasteiger partial charge in [0.25, 0.3) is 0 Å². The molecule has 1 saturated heterocycles. The lowest BCUT2D eigenvalue weighted by Gasteiger charge is -2.39. The van der Waals surface area contributed by atoms with Crippen LogP contribution in [0.5, 0.6) is 0 Å². The van der Waals surface area contributed by atoms with Crippen LogP contribution in [0.2, 0.25) is 5.02 Å². The van der Waals surface area contributed by atoms with Crippen LogP contribution in [0, 0.1) is 24.1 Å². The molecule has 1 fully saturated rings. The third kappa shape index (κ3) is 13.3. The van der Waals surface area contributed by atoms with Crippen LogP contribution >= 0.6 is 125 Å². The molecule has 1 heterocycles. The molecule has 2 aromatic carbocycles. The zero-order valence-corrected chi connectivity index (χ0v) is 35.2. The van der Waals surface area contributed by atoms with Gasteiger partial charge in [0.15, 0.2) is 0 Å². The van der Waals surface area contributed by atoms with Crippen LogP contribution in [-0.2, 0) is 9.53 Å². The number of nitrogen functional groups attached to an aromatic ring is 1. The van der Waals surface area contributed by atoms with E-state index in [1.54, 1.807) is 0 Å². The summed E-state index contributed by atoms with van der Waals surface area (Å²) in [6.07, 6.45) is 5.03.